The molecule has 1 aliphatic carbocycles. The summed E-state index contributed by atoms with van der Waals surface area (Å²) in [7, 11) is 1.33. The lowest BCUT2D eigenvalue weighted by atomic mass is 9.68. The van der Waals surface area contributed by atoms with Crippen molar-refractivity contribution in [2.45, 2.75) is 50.4 Å². The maximum absolute atomic E-state index is 11.7. The normalized spacial score (nSPS) is 33.6. The number of methoxy groups -OCH3 is 1. The third-order valence-corrected chi connectivity index (χ3v) is 3.20. The fourth-order valence-electron chi connectivity index (χ4n) is 2.56. The van der Waals surface area contributed by atoms with Crippen LogP contribution in [-0.4, -0.2) is 42.5 Å². The second kappa shape index (κ2) is 3.85. The zero-order chi connectivity index (χ0) is 13.6. The second-order valence-corrected chi connectivity index (χ2v) is 6.04. The van der Waals surface area contributed by atoms with E-state index in [4.69, 9.17) is 14.2 Å². The van der Waals surface area contributed by atoms with Crippen LogP contribution in [0.4, 0.5) is 4.79 Å². The number of fused-ring (bicyclic) bond motifs is 1. The van der Waals surface area contributed by atoms with E-state index in [-0.39, 0.29) is 5.97 Å². The number of hydrogen-bond acceptors (Lipinski definition) is 5. The molecule has 2 bridgehead atoms. The van der Waals surface area contributed by atoms with Gasteiger partial charge in [-0.2, -0.15) is 0 Å². The highest BCUT2D eigenvalue weighted by atomic mass is 16.6. The van der Waals surface area contributed by atoms with Crippen LogP contribution in [0, 0.1) is 0 Å². The molecule has 102 valence electrons. The molecule has 2 aliphatic heterocycles. The largest absolute Gasteiger partial charge is 0.467 e. The third-order valence-electron chi connectivity index (χ3n) is 3.20. The van der Waals surface area contributed by atoms with Gasteiger partial charge in [-0.1, -0.05) is 0 Å². The van der Waals surface area contributed by atoms with Crippen molar-refractivity contribution in [2.24, 2.45) is 0 Å². The molecule has 0 aromatic rings. The SMILES string of the molecule is COC(=O)C12CC(NC(=O)OC(C)(C)C)(CO1)C2. The summed E-state index contributed by atoms with van der Waals surface area (Å²) >= 11 is 0. The first-order valence-corrected chi connectivity index (χ1v) is 5.94. The number of carbonyl (C=O) groups excluding carboxylic acids is 2. The van der Waals surface area contributed by atoms with Gasteiger partial charge in [0.15, 0.2) is 5.60 Å². The van der Waals surface area contributed by atoms with Crippen molar-refractivity contribution >= 4 is 12.1 Å². The molecule has 1 saturated carbocycles. The van der Waals surface area contributed by atoms with E-state index in [1.165, 1.54) is 7.11 Å². The number of amides is 1. The van der Waals surface area contributed by atoms with Crippen LogP contribution in [0.3, 0.4) is 0 Å². The van der Waals surface area contributed by atoms with E-state index in [0.717, 1.165) is 0 Å². The van der Waals surface area contributed by atoms with E-state index in [2.05, 4.69) is 5.32 Å². The number of carbonyl (C=O) groups is 2. The lowest BCUT2D eigenvalue weighted by molar-refractivity contribution is -0.166. The predicted molar refractivity (Wildman–Crippen MR) is 62.0 cm³/mol. The molecule has 0 radical (unpaired) electrons. The lowest BCUT2D eigenvalue weighted by Gasteiger charge is -2.42. The molecular weight excluding hydrogens is 238 g/mol. The summed E-state index contributed by atoms with van der Waals surface area (Å²) < 4.78 is 15.3. The van der Waals surface area contributed by atoms with Crippen LogP contribution in [0.2, 0.25) is 0 Å². The fraction of sp³-hybridized carbons (Fsp3) is 0.833. The van der Waals surface area contributed by atoms with Crippen LogP contribution in [0.25, 0.3) is 0 Å². The van der Waals surface area contributed by atoms with Crippen molar-refractivity contribution in [3.63, 3.8) is 0 Å². The van der Waals surface area contributed by atoms with Gasteiger partial charge in [0, 0.05) is 12.8 Å². The quantitative estimate of drug-likeness (QED) is 0.747. The Labute approximate surface area is 106 Å². The Hall–Kier alpha value is -1.30. The van der Waals surface area contributed by atoms with Crippen molar-refractivity contribution < 1.29 is 23.8 Å². The van der Waals surface area contributed by atoms with E-state index in [1.807, 2.05) is 0 Å². The highest BCUT2D eigenvalue weighted by Crippen LogP contribution is 2.52. The molecular formula is C12H19NO5. The van der Waals surface area contributed by atoms with Gasteiger partial charge in [0.1, 0.15) is 5.60 Å². The molecule has 3 aliphatic rings. The smallest absolute Gasteiger partial charge is 0.408 e. The van der Waals surface area contributed by atoms with Gasteiger partial charge in [0.25, 0.3) is 0 Å². The van der Waals surface area contributed by atoms with Gasteiger partial charge in [-0.05, 0) is 20.8 Å². The Morgan fingerprint density at radius 3 is 2.39 bits per heavy atom. The molecule has 1 N–H and O–H groups in total. The average Bonchev–Trinajstić information content (AvgIpc) is 2.68. The van der Waals surface area contributed by atoms with Gasteiger partial charge >= 0.3 is 12.1 Å². The van der Waals surface area contributed by atoms with Gasteiger partial charge < -0.3 is 19.5 Å². The molecule has 6 nitrogen and oxygen atoms in total. The summed E-state index contributed by atoms with van der Waals surface area (Å²) in [6.07, 6.45) is 0.421. The van der Waals surface area contributed by atoms with Crippen LogP contribution in [0.15, 0.2) is 0 Å². The van der Waals surface area contributed by atoms with Crippen LogP contribution < -0.4 is 5.32 Å². The Bertz CT molecular complexity index is 378. The molecule has 18 heavy (non-hydrogen) atoms. The maximum Gasteiger partial charge on any atom is 0.408 e. The summed E-state index contributed by atoms with van der Waals surface area (Å²) in [5.41, 5.74) is -1.87. The first-order valence-electron chi connectivity index (χ1n) is 5.94. The highest BCUT2D eigenvalue weighted by molar-refractivity contribution is 5.83. The lowest BCUT2D eigenvalue weighted by Crippen LogP contribution is -2.62. The van der Waals surface area contributed by atoms with Crippen LogP contribution in [0.5, 0.6) is 0 Å². The number of nitrogens with one attached hydrogen (secondary N) is 1. The van der Waals surface area contributed by atoms with Gasteiger partial charge in [-0.15, -0.1) is 0 Å². The molecule has 0 atom stereocenters. The van der Waals surface area contributed by atoms with Crippen LogP contribution in [-0.2, 0) is 19.0 Å². The first-order chi connectivity index (χ1) is 8.20. The van der Waals surface area contributed by atoms with Crippen molar-refractivity contribution in [1.29, 1.82) is 0 Å². The highest BCUT2D eigenvalue weighted by Gasteiger charge is 2.68. The van der Waals surface area contributed by atoms with E-state index in [0.29, 0.717) is 19.4 Å². The number of rotatable bonds is 2. The van der Waals surface area contributed by atoms with Crippen molar-refractivity contribution in [2.75, 3.05) is 13.7 Å². The van der Waals surface area contributed by atoms with E-state index in [1.54, 1.807) is 20.8 Å². The molecule has 3 rings (SSSR count). The number of alkyl carbamates (subject to hydrolysis) is 1. The van der Waals surface area contributed by atoms with Crippen LogP contribution in [0.1, 0.15) is 33.6 Å². The predicted octanol–water partition coefficient (Wildman–Crippen LogP) is 0.986. The summed E-state index contributed by atoms with van der Waals surface area (Å²) in [6, 6.07) is 0. The molecule has 1 amide bonds. The topological polar surface area (TPSA) is 73.9 Å². The standard InChI is InChI=1S/C12H19NO5/c1-10(2,3)18-9(15)13-11-5-12(6-11,17-7-11)8(14)16-4/h5-7H2,1-4H3,(H,13,15). The molecule has 0 aromatic carbocycles. The Kier molecular flexibility index (Phi) is 2.81. The van der Waals surface area contributed by atoms with Gasteiger partial charge in [-0.25, -0.2) is 9.59 Å². The zero-order valence-corrected chi connectivity index (χ0v) is 11.2. The second-order valence-electron chi connectivity index (χ2n) is 6.04. The summed E-state index contributed by atoms with van der Waals surface area (Å²) in [5, 5.41) is 2.79. The van der Waals surface area contributed by atoms with Crippen molar-refractivity contribution in [3.8, 4) is 0 Å². The van der Waals surface area contributed by atoms with Gasteiger partial charge in [0.2, 0.25) is 0 Å². The Morgan fingerprint density at radius 1 is 1.28 bits per heavy atom. The minimum Gasteiger partial charge on any atom is -0.467 e. The number of ether oxygens (including phenoxy) is 3. The summed E-state index contributed by atoms with van der Waals surface area (Å²) in [6.45, 7) is 5.72. The molecule has 0 unspecified atom stereocenters. The molecule has 2 saturated heterocycles. The third kappa shape index (κ3) is 2.16. The first kappa shape index (κ1) is 13.1. The monoisotopic (exact) mass is 257 g/mol. The molecule has 2 heterocycles. The summed E-state index contributed by atoms with van der Waals surface area (Å²) in [5.74, 6) is -0.374. The zero-order valence-electron chi connectivity index (χ0n) is 11.2. The van der Waals surface area contributed by atoms with Crippen LogP contribution >= 0.6 is 0 Å². The average molecular weight is 257 g/mol. The van der Waals surface area contributed by atoms with Crippen molar-refractivity contribution in [3.05, 3.63) is 0 Å². The minimum absolute atomic E-state index is 0.321. The van der Waals surface area contributed by atoms with E-state index < -0.39 is 22.8 Å². The fourth-order valence-corrected chi connectivity index (χ4v) is 2.56. The van der Waals surface area contributed by atoms with E-state index >= 15 is 0 Å². The maximum atomic E-state index is 11.7. The van der Waals surface area contributed by atoms with Gasteiger partial charge in [-0.3, -0.25) is 0 Å². The molecule has 6 heteroatoms. The molecule has 0 aromatic heterocycles. The van der Waals surface area contributed by atoms with Gasteiger partial charge in [0.05, 0.1) is 19.3 Å². The van der Waals surface area contributed by atoms with Crippen molar-refractivity contribution in [1.82, 2.24) is 5.32 Å². The molecule has 3 fully saturated rings. The molecule has 0 spiro atoms. The van der Waals surface area contributed by atoms with E-state index in [9.17, 15) is 9.59 Å². The number of esters is 1. The summed E-state index contributed by atoms with van der Waals surface area (Å²) in [4.78, 5) is 23.2. The minimum atomic E-state index is -0.857. The number of hydrogen-bond donors (Lipinski definition) is 1. The Morgan fingerprint density at radius 2 is 1.89 bits per heavy atom. The Balaban J connectivity index is 1.91.